The minimum absolute atomic E-state index is 0.112. The largest absolute Gasteiger partial charge is 0.348 e. The van der Waals surface area contributed by atoms with Crippen molar-refractivity contribution in [2.75, 3.05) is 0 Å². The highest BCUT2D eigenvalue weighted by Gasteiger charge is 2.10. The summed E-state index contributed by atoms with van der Waals surface area (Å²) in [7, 11) is 0. The smallest absolute Gasteiger partial charge is 0.271 e. The number of rotatable bonds is 3. The number of nitrogens with one attached hydrogen (secondary N) is 1. The predicted octanol–water partition coefficient (Wildman–Crippen LogP) is 1.60. The van der Waals surface area contributed by atoms with Gasteiger partial charge in [-0.15, -0.1) is 0 Å². The summed E-state index contributed by atoms with van der Waals surface area (Å²) in [5.41, 5.74) is 0.479. The summed E-state index contributed by atoms with van der Waals surface area (Å²) in [5.74, 6) is -0.112. The fourth-order valence-corrected chi connectivity index (χ4v) is 1.08. The zero-order chi connectivity index (χ0) is 10.7. The number of aromatic nitrogens is 2. The van der Waals surface area contributed by atoms with Crippen LogP contribution < -0.4 is 5.32 Å². The molecule has 1 rings (SSSR count). The molecule has 1 heterocycles. The SMILES string of the molecule is CC(C)NC(=O)c1ccn(C(C)C)n1. The van der Waals surface area contributed by atoms with E-state index in [1.165, 1.54) is 0 Å². The van der Waals surface area contributed by atoms with Crippen LogP contribution >= 0.6 is 0 Å². The Kier molecular flexibility index (Phi) is 3.28. The van der Waals surface area contributed by atoms with Gasteiger partial charge >= 0.3 is 0 Å². The molecule has 4 heteroatoms. The van der Waals surface area contributed by atoms with E-state index in [0.29, 0.717) is 5.69 Å². The van der Waals surface area contributed by atoms with Crippen LogP contribution in [0.15, 0.2) is 12.3 Å². The maximum atomic E-state index is 11.5. The van der Waals surface area contributed by atoms with Gasteiger partial charge in [-0.2, -0.15) is 5.10 Å². The Morgan fingerprint density at radius 3 is 2.50 bits per heavy atom. The third-order valence-electron chi connectivity index (χ3n) is 1.79. The number of carbonyl (C=O) groups excluding carboxylic acids is 1. The Balaban J connectivity index is 2.71. The van der Waals surface area contributed by atoms with Crippen LogP contribution in [0, 0.1) is 0 Å². The number of hydrogen-bond acceptors (Lipinski definition) is 2. The summed E-state index contributed by atoms with van der Waals surface area (Å²) in [6.45, 7) is 7.91. The molecule has 78 valence electrons. The Bertz CT molecular complexity index is 315. The number of carbonyl (C=O) groups is 1. The van der Waals surface area contributed by atoms with Crippen molar-refractivity contribution in [2.24, 2.45) is 0 Å². The minimum Gasteiger partial charge on any atom is -0.348 e. The Morgan fingerprint density at radius 1 is 1.43 bits per heavy atom. The lowest BCUT2D eigenvalue weighted by Gasteiger charge is -2.06. The molecular formula is C10H17N3O. The molecule has 0 unspecified atom stereocenters. The van der Waals surface area contributed by atoms with E-state index in [0.717, 1.165) is 0 Å². The van der Waals surface area contributed by atoms with Crippen molar-refractivity contribution in [3.63, 3.8) is 0 Å². The van der Waals surface area contributed by atoms with Gasteiger partial charge in [0.1, 0.15) is 5.69 Å². The molecule has 0 saturated carbocycles. The topological polar surface area (TPSA) is 46.9 Å². The average Bonchev–Trinajstić information content (AvgIpc) is 2.50. The van der Waals surface area contributed by atoms with E-state index >= 15 is 0 Å². The van der Waals surface area contributed by atoms with E-state index in [-0.39, 0.29) is 18.0 Å². The van der Waals surface area contributed by atoms with Crippen molar-refractivity contribution in [3.8, 4) is 0 Å². The lowest BCUT2D eigenvalue weighted by Crippen LogP contribution is -2.30. The molecule has 1 aromatic heterocycles. The summed E-state index contributed by atoms with van der Waals surface area (Å²) in [5, 5.41) is 6.96. The maximum Gasteiger partial charge on any atom is 0.271 e. The van der Waals surface area contributed by atoms with E-state index in [2.05, 4.69) is 10.4 Å². The van der Waals surface area contributed by atoms with Crippen LogP contribution in [-0.2, 0) is 0 Å². The van der Waals surface area contributed by atoms with Gasteiger partial charge < -0.3 is 5.32 Å². The number of nitrogens with zero attached hydrogens (tertiary/aromatic N) is 2. The molecule has 1 aromatic rings. The maximum absolute atomic E-state index is 11.5. The van der Waals surface area contributed by atoms with Gasteiger partial charge in [0.25, 0.3) is 5.91 Å². The molecule has 0 saturated heterocycles. The van der Waals surface area contributed by atoms with E-state index in [1.54, 1.807) is 10.7 Å². The van der Waals surface area contributed by atoms with Gasteiger partial charge in [-0.3, -0.25) is 9.48 Å². The van der Waals surface area contributed by atoms with Crippen LogP contribution in [0.2, 0.25) is 0 Å². The first-order chi connectivity index (χ1) is 6.50. The molecular weight excluding hydrogens is 178 g/mol. The monoisotopic (exact) mass is 195 g/mol. The predicted molar refractivity (Wildman–Crippen MR) is 55.2 cm³/mol. The van der Waals surface area contributed by atoms with Crippen molar-refractivity contribution in [2.45, 2.75) is 39.8 Å². The first-order valence-electron chi connectivity index (χ1n) is 4.86. The molecule has 0 radical (unpaired) electrons. The summed E-state index contributed by atoms with van der Waals surface area (Å²) < 4.78 is 1.77. The number of amides is 1. The second-order valence-corrected chi connectivity index (χ2v) is 3.90. The van der Waals surface area contributed by atoms with Crippen LogP contribution in [0.5, 0.6) is 0 Å². The third kappa shape index (κ3) is 2.58. The highest BCUT2D eigenvalue weighted by atomic mass is 16.2. The summed E-state index contributed by atoms with van der Waals surface area (Å²) in [4.78, 5) is 11.5. The normalized spacial score (nSPS) is 11.0. The van der Waals surface area contributed by atoms with Crippen molar-refractivity contribution in [1.29, 1.82) is 0 Å². The summed E-state index contributed by atoms with van der Waals surface area (Å²) in [6, 6.07) is 2.17. The van der Waals surface area contributed by atoms with Gasteiger partial charge in [-0.1, -0.05) is 0 Å². The van der Waals surface area contributed by atoms with Gasteiger partial charge in [-0.25, -0.2) is 0 Å². The van der Waals surface area contributed by atoms with Gasteiger partial charge in [0.15, 0.2) is 0 Å². The third-order valence-corrected chi connectivity index (χ3v) is 1.79. The van der Waals surface area contributed by atoms with E-state index in [4.69, 9.17) is 0 Å². The second kappa shape index (κ2) is 4.26. The molecule has 0 fully saturated rings. The molecule has 0 aliphatic carbocycles. The van der Waals surface area contributed by atoms with Crippen LogP contribution in [0.4, 0.5) is 0 Å². The van der Waals surface area contributed by atoms with Crippen molar-refractivity contribution in [1.82, 2.24) is 15.1 Å². The van der Waals surface area contributed by atoms with Crippen molar-refractivity contribution in [3.05, 3.63) is 18.0 Å². The summed E-state index contributed by atoms with van der Waals surface area (Å²) in [6.07, 6.45) is 1.82. The lowest BCUT2D eigenvalue weighted by atomic mass is 10.3. The average molecular weight is 195 g/mol. The van der Waals surface area contributed by atoms with Gasteiger partial charge in [0.05, 0.1) is 0 Å². The molecule has 0 aromatic carbocycles. The fourth-order valence-electron chi connectivity index (χ4n) is 1.08. The zero-order valence-corrected chi connectivity index (χ0v) is 9.11. The molecule has 1 amide bonds. The lowest BCUT2D eigenvalue weighted by molar-refractivity contribution is 0.0937. The summed E-state index contributed by atoms with van der Waals surface area (Å²) >= 11 is 0. The molecule has 0 aliphatic heterocycles. The van der Waals surface area contributed by atoms with Crippen LogP contribution in [0.25, 0.3) is 0 Å². The Hall–Kier alpha value is -1.32. The standard InChI is InChI=1S/C10H17N3O/c1-7(2)11-10(14)9-5-6-13(12-9)8(3)4/h5-8H,1-4H3,(H,11,14). The fraction of sp³-hybridized carbons (Fsp3) is 0.600. The molecule has 14 heavy (non-hydrogen) atoms. The van der Waals surface area contributed by atoms with Crippen LogP contribution in [0.3, 0.4) is 0 Å². The van der Waals surface area contributed by atoms with Crippen molar-refractivity contribution >= 4 is 5.91 Å². The van der Waals surface area contributed by atoms with Gasteiger partial charge in [0.2, 0.25) is 0 Å². The molecule has 1 N–H and O–H groups in total. The second-order valence-electron chi connectivity index (χ2n) is 3.90. The van der Waals surface area contributed by atoms with E-state index in [9.17, 15) is 4.79 Å². The molecule has 0 atom stereocenters. The molecule has 0 aliphatic rings. The quantitative estimate of drug-likeness (QED) is 0.796. The Morgan fingerprint density at radius 2 is 2.07 bits per heavy atom. The van der Waals surface area contributed by atoms with Gasteiger partial charge in [0, 0.05) is 18.3 Å². The minimum atomic E-state index is -0.112. The van der Waals surface area contributed by atoms with E-state index in [1.807, 2.05) is 33.9 Å². The molecule has 4 nitrogen and oxygen atoms in total. The van der Waals surface area contributed by atoms with Crippen LogP contribution in [-0.4, -0.2) is 21.7 Å². The zero-order valence-electron chi connectivity index (χ0n) is 9.11. The first kappa shape index (κ1) is 10.8. The van der Waals surface area contributed by atoms with E-state index < -0.39 is 0 Å². The Labute approximate surface area is 84.3 Å². The highest BCUT2D eigenvalue weighted by Crippen LogP contribution is 2.04. The highest BCUT2D eigenvalue weighted by molar-refractivity contribution is 5.92. The first-order valence-corrected chi connectivity index (χ1v) is 4.86. The van der Waals surface area contributed by atoms with Crippen molar-refractivity contribution < 1.29 is 4.79 Å². The molecule has 0 spiro atoms. The number of hydrogen-bond donors (Lipinski definition) is 1. The molecule has 0 bridgehead atoms. The van der Waals surface area contributed by atoms with Gasteiger partial charge in [-0.05, 0) is 33.8 Å². The van der Waals surface area contributed by atoms with Crippen LogP contribution in [0.1, 0.15) is 44.2 Å².